The molecule has 0 atom stereocenters. The van der Waals surface area contributed by atoms with Crippen LogP contribution >= 0.6 is 22.9 Å². The van der Waals surface area contributed by atoms with Crippen molar-refractivity contribution in [2.24, 2.45) is 0 Å². The Hall–Kier alpha value is -1.46. The fraction of sp³-hybridized carbons (Fsp3) is 0.0833. The second-order valence-corrected chi connectivity index (χ2v) is 4.72. The van der Waals surface area contributed by atoms with Gasteiger partial charge in [0.25, 0.3) is 0 Å². The van der Waals surface area contributed by atoms with Crippen molar-refractivity contribution in [2.75, 3.05) is 7.11 Å². The van der Waals surface area contributed by atoms with Crippen molar-refractivity contribution in [3.63, 3.8) is 0 Å². The Kier molecular flexibility index (Phi) is 3.63. The normalized spacial score (nSPS) is 10.4. The molecular formula is C12H7ClF2O2S. The summed E-state index contributed by atoms with van der Waals surface area (Å²) in [4.78, 5) is 12.1. The lowest BCUT2D eigenvalue weighted by molar-refractivity contribution is 0.103. The van der Waals surface area contributed by atoms with Crippen LogP contribution in [0.3, 0.4) is 0 Å². The van der Waals surface area contributed by atoms with Gasteiger partial charge < -0.3 is 4.74 Å². The molecule has 18 heavy (non-hydrogen) atoms. The van der Waals surface area contributed by atoms with E-state index in [1.807, 2.05) is 0 Å². The smallest absolute Gasteiger partial charge is 0.210 e. The van der Waals surface area contributed by atoms with Crippen LogP contribution in [0.2, 0.25) is 5.02 Å². The van der Waals surface area contributed by atoms with E-state index in [-0.39, 0.29) is 15.6 Å². The third kappa shape index (κ3) is 2.23. The predicted molar refractivity (Wildman–Crippen MR) is 65.7 cm³/mol. The van der Waals surface area contributed by atoms with Crippen molar-refractivity contribution < 1.29 is 18.3 Å². The molecule has 2 aromatic rings. The Balaban J connectivity index is 2.52. The molecule has 0 fully saturated rings. The monoisotopic (exact) mass is 288 g/mol. The van der Waals surface area contributed by atoms with Gasteiger partial charge in [-0.2, -0.15) is 0 Å². The number of halogens is 3. The van der Waals surface area contributed by atoms with Crippen molar-refractivity contribution >= 4 is 28.7 Å². The Morgan fingerprint density at radius 2 is 1.94 bits per heavy atom. The van der Waals surface area contributed by atoms with Crippen LogP contribution in [0.4, 0.5) is 8.78 Å². The fourth-order valence-electron chi connectivity index (χ4n) is 1.45. The van der Waals surface area contributed by atoms with Gasteiger partial charge in [-0.05, 0) is 11.4 Å². The van der Waals surface area contributed by atoms with E-state index in [0.29, 0.717) is 0 Å². The third-order valence-electron chi connectivity index (χ3n) is 2.30. The zero-order chi connectivity index (χ0) is 13.3. The molecule has 0 N–H and O–H groups in total. The van der Waals surface area contributed by atoms with Crippen LogP contribution in [0.15, 0.2) is 23.6 Å². The van der Waals surface area contributed by atoms with Crippen molar-refractivity contribution in [1.82, 2.24) is 0 Å². The molecule has 0 saturated heterocycles. The molecule has 1 heterocycles. The van der Waals surface area contributed by atoms with E-state index in [9.17, 15) is 13.6 Å². The van der Waals surface area contributed by atoms with Crippen LogP contribution in [0, 0.1) is 11.6 Å². The lowest BCUT2D eigenvalue weighted by Gasteiger charge is -2.06. The first kappa shape index (κ1) is 13.0. The van der Waals surface area contributed by atoms with Gasteiger partial charge in [-0.25, -0.2) is 8.78 Å². The highest BCUT2D eigenvalue weighted by molar-refractivity contribution is 7.13. The number of thiophene rings is 1. The molecule has 0 aliphatic carbocycles. The highest BCUT2D eigenvalue weighted by atomic mass is 35.5. The van der Waals surface area contributed by atoms with E-state index >= 15 is 0 Å². The molecule has 2 nitrogen and oxygen atoms in total. The molecule has 6 heteroatoms. The van der Waals surface area contributed by atoms with Gasteiger partial charge >= 0.3 is 0 Å². The third-order valence-corrected chi connectivity index (χ3v) is 3.64. The summed E-state index contributed by atoms with van der Waals surface area (Å²) in [6, 6.07) is 3.41. The van der Waals surface area contributed by atoms with Gasteiger partial charge in [-0.15, -0.1) is 11.3 Å². The fourth-order valence-corrected chi connectivity index (χ4v) is 2.54. The zero-order valence-corrected chi connectivity index (χ0v) is 10.7. The van der Waals surface area contributed by atoms with Crippen molar-refractivity contribution in [3.05, 3.63) is 50.7 Å². The molecule has 0 aliphatic rings. The first-order chi connectivity index (χ1) is 8.54. The molecule has 1 aromatic carbocycles. The van der Waals surface area contributed by atoms with Gasteiger partial charge in [-0.3, -0.25) is 4.79 Å². The van der Waals surface area contributed by atoms with E-state index in [2.05, 4.69) is 0 Å². The SMILES string of the molecule is COc1cc(F)c(C(=O)c2sccc2Cl)c(F)c1. The number of rotatable bonds is 3. The molecule has 0 amide bonds. The molecule has 94 valence electrons. The van der Waals surface area contributed by atoms with Crippen LogP contribution in [0.25, 0.3) is 0 Å². The van der Waals surface area contributed by atoms with Gasteiger partial charge in [-0.1, -0.05) is 11.6 Å². The summed E-state index contributed by atoms with van der Waals surface area (Å²) in [6.07, 6.45) is 0. The minimum absolute atomic E-state index is 0.0128. The highest BCUT2D eigenvalue weighted by Gasteiger charge is 2.23. The van der Waals surface area contributed by atoms with Crippen LogP contribution in [-0.2, 0) is 0 Å². The lowest BCUT2D eigenvalue weighted by atomic mass is 10.1. The standard InChI is InChI=1S/C12H7ClF2O2S/c1-17-6-4-8(14)10(9(15)5-6)11(16)12-7(13)2-3-18-12/h2-5H,1H3. The minimum atomic E-state index is -0.971. The predicted octanol–water partition coefficient (Wildman–Crippen LogP) is 3.92. The lowest BCUT2D eigenvalue weighted by Crippen LogP contribution is -2.07. The summed E-state index contributed by atoms with van der Waals surface area (Å²) in [5, 5.41) is 1.76. The average molecular weight is 289 g/mol. The second kappa shape index (κ2) is 5.04. The number of hydrogen-bond donors (Lipinski definition) is 0. The van der Waals surface area contributed by atoms with E-state index in [4.69, 9.17) is 16.3 Å². The molecule has 0 radical (unpaired) electrons. The number of methoxy groups -OCH3 is 1. The van der Waals surface area contributed by atoms with Crippen LogP contribution < -0.4 is 4.74 Å². The number of ketones is 1. The number of carbonyl (C=O) groups excluding carboxylic acids is 1. The maximum absolute atomic E-state index is 13.7. The number of carbonyl (C=O) groups is 1. The first-order valence-corrected chi connectivity index (χ1v) is 6.11. The topological polar surface area (TPSA) is 26.3 Å². The van der Waals surface area contributed by atoms with Gasteiger partial charge in [0.05, 0.1) is 22.6 Å². The van der Waals surface area contributed by atoms with Crippen molar-refractivity contribution in [1.29, 1.82) is 0 Å². The Bertz CT molecular complexity index is 587. The summed E-state index contributed by atoms with van der Waals surface area (Å²) in [7, 11) is 1.28. The molecule has 0 saturated carbocycles. The summed E-state index contributed by atoms with van der Waals surface area (Å²) >= 11 is 6.80. The van der Waals surface area contributed by atoms with Gasteiger partial charge in [0.2, 0.25) is 5.78 Å². The Morgan fingerprint density at radius 3 is 2.39 bits per heavy atom. The molecule has 2 rings (SSSR count). The molecule has 0 aliphatic heterocycles. The number of ether oxygens (including phenoxy) is 1. The quantitative estimate of drug-likeness (QED) is 0.800. The van der Waals surface area contributed by atoms with Crippen LogP contribution in [0.5, 0.6) is 5.75 Å². The van der Waals surface area contributed by atoms with E-state index in [1.54, 1.807) is 5.38 Å². The van der Waals surface area contributed by atoms with Gasteiger partial charge in [0.1, 0.15) is 17.4 Å². The van der Waals surface area contributed by atoms with E-state index in [1.165, 1.54) is 13.2 Å². The summed E-state index contributed by atoms with van der Waals surface area (Å²) in [6.45, 7) is 0. The zero-order valence-electron chi connectivity index (χ0n) is 9.17. The van der Waals surface area contributed by atoms with Crippen LogP contribution in [0.1, 0.15) is 15.2 Å². The van der Waals surface area contributed by atoms with E-state index < -0.39 is 23.0 Å². The maximum Gasteiger partial charge on any atom is 0.210 e. The Morgan fingerprint density at radius 1 is 1.33 bits per heavy atom. The highest BCUT2D eigenvalue weighted by Crippen LogP contribution is 2.28. The maximum atomic E-state index is 13.7. The molecule has 1 aromatic heterocycles. The average Bonchev–Trinajstić information content (AvgIpc) is 2.74. The van der Waals surface area contributed by atoms with Crippen LogP contribution in [-0.4, -0.2) is 12.9 Å². The summed E-state index contributed by atoms with van der Waals surface area (Å²) in [5.41, 5.74) is -0.625. The summed E-state index contributed by atoms with van der Waals surface area (Å²) < 4.78 is 32.1. The second-order valence-electron chi connectivity index (χ2n) is 3.39. The molecule has 0 unspecified atom stereocenters. The van der Waals surface area contributed by atoms with E-state index in [0.717, 1.165) is 23.5 Å². The van der Waals surface area contributed by atoms with Gasteiger partial charge in [0.15, 0.2) is 0 Å². The van der Waals surface area contributed by atoms with Crippen molar-refractivity contribution in [2.45, 2.75) is 0 Å². The molecule has 0 spiro atoms. The summed E-state index contributed by atoms with van der Waals surface area (Å²) in [5.74, 6) is -2.70. The molecule has 0 bridgehead atoms. The largest absolute Gasteiger partial charge is 0.497 e. The number of benzene rings is 1. The van der Waals surface area contributed by atoms with Crippen molar-refractivity contribution in [3.8, 4) is 5.75 Å². The van der Waals surface area contributed by atoms with Gasteiger partial charge in [0, 0.05) is 12.1 Å². The number of hydrogen-bond acceptors (Lipinski definition) is 3. The molecular weight excluding hydrogens is 282 g/mol. The first-order valence-electron chi connectivity index (χ1n) is 4.85. The Labute approximate surface area is 111 Å². The minimum Gasteiger partial charge on any atom is -0.497 e.